The van der Waals surface area contributed by atoms with Gasteiger partial charge < -0.3 is 9.15 Å². The van der Waals surface area contributed by atoms with Gasteiger partial charge in [-0.1, -0.05) is 6.07 Å². The van der Waals surface area contributed by atoms with E-state index in [9.17, 15) is 0 Å². The van der Waals surface area contributed by atoms with Crippen LogP contribution >= 0.6 is 0 Å². The van der Waals surface area contributed by atoms with Crippen LogP contribution < -0.4 is 4.74 Å². The van der Waals surface area contributed by atoms with Crippen molar-refractivity contribution >= 4 is 0 Å². The Morgan fingerprint density at radius 3 is 2.87 bits per heavy atom. The highest BCUT2D eigenvalue weighted by molar-refractivity contribution is 5.39. The van der Waals surface area contributed by atoms with Crippen molar-refractivity contribution < 1.29 is 9.15 Å². The quantitative estimate of drug-likeness (QED) is 0.745. The summed E-state index contributed by atoms with van der Waals surface area (Å²) < 4.78 is 10.7. The van der Waals surface area contributed by atoms with Gasteiger partial charge in [0.2, 0.25) is 0 Å². The number of aryl methyl sites for hydroxylation is 1. The molecule has 15 heavy (non-hydrogen) atoms. The Morgan fingerprint density at radius 2 is 2.20 bits per heavy atom. The fourth-order valence-corrected chi connectivity index (χ4v) is 1.24. The van der Waals surface area contributed by atoms with E-state index < -0.39 is 0 Å². The summed E-state index contributed by atoms with van der Waals surface area (Å²) in [5.74, 6) is 2.03. The van der Waals surface area contributed by atoms with E-state index in [0.717, 1.165) is 5.76 Å². The molecule has 0 amide bonds. The Morgan fingerprint density at radius 1 is 1.33 bits per heavy atom. The molecule has 74 valence electrons. The summed E-state index contributed by atoms with van der Waals surface area (Å²) in [5.41, 5.74) is 0.577. The van der Waals surface area contributed by atoms with E-state index in [2.05, 4.69) is 6.07 Å². The molecule has 0 aliphatic rings. The number of hydrogen-bond acceptors (Lipinski definition) is 3. The number of nitrogens with zero attached hydrogens (tertiary/aromatic N) is 1. The first-order chi connectivity index (χ1) is 7.29. The zero-order valence-corrected chi connectivity index (χ0v) is 8.23. The van der Waals surface area contributed by atoms with Crippen LogP contribution in [0.5, 0.6) is 11.5 Å². The zero-order chi connectivity index (χ0) is 10.7. The molecule has 0 spiro atoms. The first kappa shape index (κ1) is 9.35. The summed E-state index contributed by atoms with van der Waals surface area (Å²) in [6.07, 6.45) is 1.57. The van der Waals surface area contributed by atoms with Crippen molar-refractivity contribution in [2.24, 2.45) is 0 Å². The predicted octanol–water partition coefficient (Wildman–Crippen LogP) is 3.25. The molecule has 0 saturated carbocycles. The van der Waals surface area contributed by atoms with E-state index in [4.69, 9.17) is 14.4 Å². The lowest BCUT2D eigenvalue weighted by molar-refractivity contribution is 0.451. The predicted molar refractivity (Wildman–Crippen MR) is 54.7 cm³/mol. The first-order valence-corrected chi connectivity index (χ1v) is 4.52. The summed E-state index contributed by atoms with van der Waals surface area (Å²) >= 11 is 0. The lowest BCUT2D eigenvalue weighted by Gasteiger charge is -2.03. The molecule has 0 unspecified atom stereocenters. The second-order valence-electron chi connectivity index (χ2n) is 3.08. The minimum atomic E-state index is 0.577. The van der Waals surface area contributed by atoms with Crippen LogP contribution in [0.25, 0.3) is 0 Å². The molecule has 2 rings (SSSR count). The van der Waals surface area contributed by atoms with Crippen LogP contribution in [0.4, 0.5) is 0 Å². The third-order valence-electron chi connectivity index (χ3n) is 2.00. The average Bonchev–Trinajstić information content (AvgIpc) is 2.65. The minimum absolute atomic E-state index is 0.577. The van der Waals surface area contributed by atoms with Crippen LogP contribution in [0, 0.1) is 18.3 Å². The van der Waals surface area contributed by atoms with E-state index in [-0.39, 0.29) is 0 Å². The van der Waals surface area contributed by atoms with Crippen molar-refractivity contribution in [3.8, 4) is 17.6 Å². The lowest BCUT2D eigenvalue weighted by atomic mass is 10.2. The number of ether oxygens (including phenoxy) is 1. The monoisotopic (exact) mass is 199 g/mol. The van der Waals surface area contributed by atoms with E-state index in [0.29, 0.717) is 17.1 Å². The highest BCUT2D eigenvalue weighted by Gasteiger charge is 2.03. The highest BCUT2D eigenvalue weighted by Crippen LogP contribution is 2.25. The van der Waals surface area contributed by atoms with Crippen molar-refractivity contribution in [2.45, 2.75) is 6.92 Å². The zero-order valence-electron chi connectivity index (χ0n) is 8.23. The van der Waals surface area contributed by atoms with Gasteiger partial charge in [-0.15, -0.1) is 0 Å². The van der Waals surface area contributed by atoms with Gasteiger partial charge in [0.05, 0.1) is 17.9 Å². The molecule has 1 aromatic heterocycles. The van der Waals surface area contributed by atoms with Crippen molar-refractivity contribution in [3.05, 3.63) is 47.9 Å². The van der Waals surface area contributed by atoms with E-state index >= 15 is 0 Å². The van der Waals surface area contributed by atoms with Gasteiger partial charge in [-0.2, -0.15) is 5.26 Å². The molecular weight excluding hydrogens is 190 g/mol. The van der Waals surface area contributed by atoms with E-state index in [1.165, 1.54) is 0 Å². The fraction of sp³-hybridized carbons (Fsp3) is 0.0833. The second kappa shape index (κ2) is 3.89. The van der Waals surface area contributed by atoms with Crippen LogP contribution in [0.3, 0.4) is 0 Å². The molecule has 0 atom stereocenters. The van der Waals surface area contributed by atoms with Crippen LogP contribution in [-0.4, -0.2) is 0 Å². The van der Waals surface area contributed by atoms with Gasteiger partial charge in [-0.25, -0.2) is 0 Å². The Balaban J connectivity index is 2.25. The maximum Gasteiger partial charge on any atom is 0.168 e. The Hall–Kier alpha value is -2.21. The fourth-order valence-electron chi connectivity index (χ4n) is 1.24. The third-order valence-corrected chi connectivity index (χ3v) is 2.00. The first-order valence-electron chi connectivity index (χ1n) is 4.52. The summed E-state index contributed by atoms with van der Waals surface area (Å²) in [6, 6.07) is 10.8. The lowest BCUT2D eigenvalue weighted by Crippen LogP contribution is -1.84. The van der Waals surface area contributed by atoms with E-state index in [1.54, 1.807) is 36.6 Å². The molecule has 0 aliphatic heterocycles. The van der Waals surface area contributed by atoms with Crippen LogP contribution in [-0.2, 0) is 0 Å². The van der Waals surface area contributed by atoms with E-state index in [1.807, 2.05) is 6.92 Å². The molecule has 2 aromatic rings. The molecule has 0 aliphatic carbocycles. The average molecular weight is 199 g/mol. The molecule has 3 heteroatoms. The summed E-state index contributed by atoms with van der Waals surface area (Å²) in [7, 11) is 0. The molecule has 1 aromatic carbocycles. The topological polar surface area (TPSA) is 46.2 Å². The summed E-state index contributed by atoms with van der Waals surface area (Å²) in [4.78, 5) is 0. The Bertz CT molecular complexity index is 508. The molecule has 0 bridgehead atoms. The highest BCUT2D eigenvalue weighted by atomic mass is 16.5. The smallest absolute Gasteiger partial charge is 0.168 e. The molecular formula is C12H9NO2. The molecule has 0 saturated heterocycles. The summed E-state index contributed by atoms with van der Waals surface area (Å²) in [5, 5.41) is 8.72. The standard InChI is InChI=1S/C12H9NO2/c1-9-12(5-6-14-9)15-11-4-2-3-10(7-11)8-13/h2-7H,1H3. The second-order valence-corrected chi connectivity index (χ2v) is 3.08. The number of furan rings is 1. The van der Waals surface area contributed by atoms with Crippen LogP contribution in [0.15, 0.2) is 41.0 Å². The molecule has 3 nitrogen and oxygen atoms in total. The maximum atomic E-state index is 8.72. The number of nitriles is 1. The van der Waals surface area contributed by atoms with Gasteiger partial charge >= 0.3 is 0 Å². The third kappa shape index (κ3) is 2.00. The van der Waals surface area contributed by atoms with Gasteiger partial charge in [0.1, 0.15) is 11.5 Å². The summed E-state index contributed by atoms with van der Waals surface area (Å²) in [6.45, 7) is 1.82. The van der Waals surface area contributed by atoms with Crippen molar-refractivity contribution in [2.75, 3.05) is 0 Å². The molecule has 0 fully saturated rings. The van der Waals surface area contributed by atoms with Crippen LogP contribution in [0.1, 0.15) is 11.3 Å². The van der Waals surface area contributed by atoms with Crippen molar-refractivity contribution in [3.63, 3.8) is 0 Å². The normalized spacial score (nSPS) is 9.60. The molecule has 1 heterocycles. The van der Waals surface area contributed by atoms with Gasteiger partial charge in [0, 0.05) is 6.07 Å². The van der Waals surface area contributed by atoms with Gasteiger partial charge in [-0.3, -0.25) is 0 Å². The largest absolute Gasteiger partial charge is 0.466 e. The Labute approximate surface area is 87.5 Å². The number of rotatable bonds is 2. The number of hydrogen-bond donors (Lipinski definition) is 0. The SMILES string of the molecule is Cc1occc1Oc1cccc(C#N)c1. The van der Waals surface area contributed by atoms with Gasteiger partial charge in [-0.05, 0) is 25.1 Å². The van der Waals surface area contributed by atoms with Crippen LogP contribution in [0.2, 0.25) is 0 Å². The minimum Gasteiger partial charge on any atom is -0.466 e. The van der Waals surface area contributed by atoms with Crippen molar-refractivity contribution in [1.29, 1.82) is 5.26 Å². The molecule has 0 N–H and O–H groups in total. The number of benzene rings is 1. The van der Waals surface area contributed by atoms with Gasteiger partial charge in [0.15, 0.2) is 5.75 Å². The van der Waals surface area contributed by atoms with Crippen molar-refractivity contribution in [1.82, 2.24) is 0 Å². The maximum absolute atomic E-state index is 8.72. The van der Waals surface area contributed by atoms with Gasteiger partial charge in [0.25, 0.3) is 0 Å². The molecule has 0 radical (unpaired) electrons. The Kier molecular flexibility index (Phi) is 2.42.